The standard InChI is InChI=1S/C18H15BrN2O/c1-12-3-4-14(9-13(12)2)17(22)7-6-16-10-20-18-8-5-15(19)11-21(16)18/h3-11H,1-2H3. The van der Waals surface area contributed by atoms with Gasteiger partial charge in [0.1, 0.15) is 5.65 Å². The van der Waals surface area contributed by atoms with Gasteiger partial charge in [-0.15, -0.1) is 0 Å². The van der Waals surface area contributed by atoms with Gasteiger partial charge in [-0.05, 0) is 71.3 Å². The van der Waals surface area contributed by atoms with Gasteiger partial charge in [0.05, 0.1) is 11.9 Å². The number of pyridine rings is 1. The summed E-state index contributed by atoms with van der Waals surface area (Å²) in [5, 5.41) is 0. The number of nitrogens with zero attached hydrogens (tertiary/aromatic N) is 2. The van der Waals surface area contributed by atoms with Gasteiger partial charge in [0.25, 0.3) is 0 Å². The number of carbonyl (C=O) groups excluding carboxylic acids is 1. The molecule has 110 valence electrons. The van der Waals surface area contributed by atoms with E-state index in [9.17, 15) is 4.79 Å². The molecule has 22 heavy (non-hydrogen) atoms. The molecule has 3 nitrogen and oxygen atoms in total. The van der Waals surface area contributed by atoms with Gasteiger partial charge in [-0.2, -0.15) is 0 Å². The molecule has 0 radical (unpaired) electrons. The molecule has 0 bridgehead atoms. The Balaban J connectivity index is 1.90. The average molecular weight is 355 g/mol. The lowest BCUT2D eigenvalue weighted by molar-refractivity contribution is 0.104. The zero-order chi connectivity index (χ0) is 15.7. The predicted molar refractivity (Wildman–Crippen MR) is 92.2 cm³/mol. The minimum atomic E-state index is -0.00644. The summed E-state index contributed by atoms with van der Waals surface area (Å²) in [5.41, 5.74) is 4.73. The van der Waals surface area contributed by atoms with Crippen LogP contribution < -0.4 is 0 Å². The Morgan fingerprint density at radius 2 is 2.00 bits per heavy atom. The first-order chi connectivity index (χ1) is 10.5. The Bertz CT molecular complexity index is 893. The number of carbonyl (C=O) groups is 1. The first-order valence-corrected chi connectivity index (χ1v) is 7.76. The summed E-state index contributed by atoms with van der Waals surface area (Å²) in [4.78, 5) is 16.6. The highest BCUT2D eigenvalue weighted by Crippen LogP contribution is 2.15. The summed E-state index contributed by atoms with van der Waals surface area (Å²) in [7, 11) is 0. The minimum absolute atomic E-state index is 0.00644. The van der Waals surface area contributed by atoms with Gasteiger partial charge < -0.3 is 0 Å². The SMILES string of the molecule is Cc1ccc(C(=O)C=Cc2cnc3ccc(Br)cn23)cc1C. The molecule has 1 aromatic carbocycles. The summed E-state index contributed by atoms with van der Waals surface area (Å²) < 4.78 is 2.90. The van der Waals surface area contributed by atoms with Crippen LogP contribution in [0, 0.1) is 13.8 Å². The number of allylic oxidation sites excluding steroid dienone is 1. The average Bonchev–Trinajstić information content (AvgIpc) is 2.90. The number of fused-ring (bicyclic) bond motifs is 1. The van der Waals surface area contributed by atoms with Crippen LogP contribution >= 0.6 is 15.9 Å². The Morgan fingerprint density at radius 1 is 1.18 bits per heavy atom. The maximum atomic E-state index is 12.3. The van der Waals surface area contributed by atoms with E-state index >= 15 is 0 Å². The highest BCUT2D eigenvalue weighted by molar-refractivity contribution is 9.10. The number of hydrogen-bond donors (Lipinski definition) is 0. The van der Waals surface area contributed by atoms with Gasteiger partial charge in [-0.1, -0.05) is 12.1 Å². The van der Waals surface area contributed by atoms with Crippen molar-refractivity contribution in [3.05, 3.63) is 75.7 Å². The molecule has 0 N–H and O–H groups in total. The van der Waals surface area contributed by atoms with E-state index in [-0.39, 0.29) is 5.78 Å². The highest BCUT2D eigenvalue weighted by atomic mass is 79.9. The molecule has 0 fully saturated rings. The third kappa shape index (κ3) is 2.88. The van der Waals surface area contributed by atoms with Crippen LogP contribution in [-0.2, 0) is 0 Å². The normalized spacial score (nSPS) is 11.4. The molecule has 3 rings (SSSR count). The molecule has 0 saturated heterocycles. The van der Waals surface area contributed by atoms with Gasteiger partial charge >= 0.3 is 0 Å². The lowest BCUT2D eigenvalue weighted by atomic mass is 10.0. The van der Waals surface area contributed by atoms with E-state index in [1.807, 2.05) is 54.8 Å². The molecule has 0 saturated carbocycles. The molecule has 3 aromatic rings. The number of hydrogen-bond acceptors (Lipinski definition) is 2. The summed E-state index contributed by atoms with van der Waals surface area (Å²) in [5.74, 6) is -0.00644. The number of aryl methyl sites for hydroxylation is 2. The summed E-state index contributed by atoms with van der Waals surface area (Å²) in [6, 6.07) is 9.62. The van der Waals surface area contributed by atoms with Crippen molar-refractivity contribution in [3.63, 3.8) is 0 Å². The molecule has 0 aliphatic rings. The van der Waals surface area contributed by atoms with Crippen molar-refractivity contribution < 1.29 is 4.79 Å². The van der Waals surface area contributed by atoms with Gasteiger partial charge in [-0.3, -0.25) is 9.20 Å². The quantitative estimate of drug-likeness (QED) is 0.508. The fraction of sp³-hybridized carbons (Fsp3) is 0.111. The molecule has 4 heteroatoms. The molecule has 2 aromatic heterocycles. The molecular weight excluding hydrogens is 340 g/mol. The van der Waals surface area contributed by atoms with Crippen LogP contribution in [0.4, 0.5) is 0 Å². The van der Waals surface area contributed by atoms with Gasteiger partial charge in [0.2, 0.25) is 0 Å². The summed E-state index contributed by atoms with van der Waals surface area (Å²) >= 11 is 3.44. The molecule has 0 unspecified atom stereocenters. The fourth-order valence-corrected chi connectivity index (χ4v) is 2.59. The van der Waals surface area contributed by atoms with Crippen LogP contribution in [0.1, 0.15) is 27.2 Å². The molecule has 0 atom stereocenters. The van der Waals surface area contributed by atoms with Crippen LogP contribution in [0.5, 0.6) is 0 Å². The first kappa shape index (κ1) is 14.7. The fourth-order valence-electron chi connectivity index (χ4n) is 2.25. The Kier molecular flexibility index (Phi) is 3.94. The summed E-state index contributed by atoms with van der Waals surface area (Å²) in [6.07, 6.45) is 7.08. The maximum Gasteiger partial charge on any atom is 0.185 e. The van der Waals surface area contributed by atoms with Crippen molar-refractivity contribution >= 4 is 33.4 Å². The third-order valence-electron chi connectivity index (χ3n) is 3.70. The summed E-state index contributed by atoms with van der Waals surface area (Å²) in [6.45, 7) is 4.05. The zero-order valence-electron chi connectivity index (χ0n) is 12.4. The molecule has 0 amide bonds. The number of ketones is 1. The first-order valence-electron chi connectivity index (χ1n) is 6.97. The van der Waals surface area contributed by atoms with Crippen LogP contribution in [0.3, 0.4) is 0 Å². The monoisotopic (exact) mass is 354 g/mol. The second kappa shape index (κ2) is 5.89. The molecular formula is C18H15BrN2O. The van der Waals surface area contributed by atoms with E-state index in [1.165, 1.54) is 5.56 Å². The van der Waals surface area contributed by atoms with Crippen LogP contribution in [0.15, 0.2) is 53.3 Å². The molecule has 0 aliphatic heterocycles. The Hall–Kier alpha value is -2.20. The molecule has 2 heterocycles. The molecule has 0 aliphatic carbocycles. The van der Waals surface area contributed by atoms with Gasteiger partial charge in [0, 0.05) is 16.2 Å². The van der Waals surface area contributed by atoms with Crippen molar-refractivity contribution in [1.29, 1.82) is 0 Å². The number of rotatable bonds is 3. The third-order valence-corrected chi connectivity index (χ3v) is 4.16. The van der Waals surface area contributed by atoms with E-state index in [1.54, 1.807) is 18.3 Å². The lowest BCUT2D eigenvalue weighted by Gasteiger charge is -2.02. The van der Waals surface area contributed by atoms with Gasteiger partial charge in [0.15, 0.2) is 5.78 Å². The second-order valence-corrected chi connectivity index (χ2v) is 6.17. The van der Waals surface area contributed by atoms with E-state index in [0.717, 1.165) is 21.4 Å². The number of halogens is 1. The van der Waals surface area contributed by atoms with Crippen LogP contribution in [0.2, 0.25) is 0 Å². The van der Waals surface area contributed by atoms with Gasteiger partial charge in [-0.25, -0.2) is 4.98 Å². The van der Waals surface area contributed by atoms with E-state index in [4.69, 9.17) is 0 Å². The predicted octanol–water partition coefficient (Wildman–Crippen LogP) is 4.61. The number of benzene rings is 1. The topological polar surface area (TPSA) is 34.4 Å². The van der Waals surface area contributed by atoms with Crippen molar-refractivity contribution in [2.24, 2.45) is 0 Å². The second-order valence-electron chi connectivity index (χ2n) is 5.26. The maximum absolute atomic E-state index is 12.3. The number of aromatic nitrogens is 2. The largest absolute Gasteiger partial charge is 0.299 e. The number of imidazole rings is 1. The van der Waals surface area contributed by atoms with E-state index in [2.05, 4.69) is 20.9 Å². The van der Waals surface area contributed by atoms with E-state index < -0.39 is 0 Å². The van der Waals surface area contributed by atoms with Crippen LogP contribution in [0.25, 0.3) is 11.7 Å². The van der Waals surface area contributed by atoms with E-state index in [0.29, 0.717) is 5.56 Å². The van der Waals surface area contributed by atoms with Crippen molar-refractivity contribution in [1.82, 2.24) is 9.38 Å². The smallest absolute Gasteiger partial charge is 0.185 e. The Morgan fingerprint density at radius 3 is 2.77 bits per heavy atom. The molecule has 0 spiro atoms. The Labute approximate surface area is 137 Å². The van der Waals surface area contributed by atoms with Crippen molar-refractivity contribution in [2.45, 2.75) is 13.8 Å². The zero-order valence-corrected chi connectivity index (χ0v) is 14.0. The van der Waals surface area contributed by atoms with Crippen molar-refractivity contribution in [3.8, 4) is 0 Å². The van der Waals surface area contributed by atoms with Crippen LogP contribution in [-0.4, -0.2) is 15.2 Å². The van der Waals surface area contributed by atoms with Crippen molar-refractivity contribution in [2.75, 3.05) is 0 Å². The lowest BCUT2D eigenvalue weighted by Crippen LogP contribution is -1.96. The minimum Gasteiger partial charge on any atom is -0.299 e. The highest BCUT2D eigenvalue weighted by Gasteiger charge is 2.05.